The zero-order chi connectivity index (χ0) is 44.5. The number of nitrogens with one attached hydrogen (secondary N) is 4. The van der Waals surface area contributed by atoms with E-state index in [0.29, 0.717) is 22.5 Å². The van der Waals surface area contributed by atoms with Gasteiger partial charge in [0.1, 0.15) is 17.0 Å². The van der Waals surface area contributed by atoms with E-state index in [1.165, 1.54) is 49.8 Å². The summed E-state index contributed by atoms with van der Waals surface area (Å²) < 4.78 is 10.4. The van der Waals surface area contributed by atoms with Crippen LogP contribution in [0.15, 0.2) is 91.4 Å². The number of amides is 3. The van der Waals surface area contributed by atoms with Gasteiger partial charge in [-0.15, -0.1) is 0 Å². The van der Waals surface area contributed by atoms with Gasteiger partial charge in [-0.25, -0.2) is 9.78 Å². The van der Waals surface area contributed by atoms with Gasteiger partial charge in [0.2, 0.25) is 5.91 Å². The Balaban J connectivity index is 1.09. The molecule has 3 heterocycles. The second kappa shape index (κ2) is 19.1. The summed E-state index contributed by atoms with van der Waals surface area (Å²) in [6.45, 7) is 1.88. The van der Waals surface area contributed by atoms with E-state index in [1.807, 2.05) is 13.0 Å². The molecule has 0 fully saturated rings. The number of rotatable bonds is 17. The summed E-state index contributed by atoms with van der Waals surface area (Å²) in [6, 6.07) is 17.5. The zero-order valence-corrected chi connectivity index (χ0v) is 33.3. The maximum atomic E-state index is 13.6. The molecular weight excluding hydrogens is 805 g/mol. The number of nitrogens with zero attached hydrogens (tertiary/aromatic N) is 4. The Kier molecular flexibility index (Phi) is 13.3. The van der Waals surface area contributed by atoms with Crippen molar-refractivity contribution >= 4 is 52.3 Å². The first-order valence-corrected chi connectivity index (χ1v) is 18.6. The number of phenolic OH excluding ortho intramolecular Hbond substituents is 1. The van der Waals surface area contributed by atoms with Crippen molar-refractivity contribution in [3.05, 3.63) is 136 Å². The van der Waals surface area contributed by atoms with Crippen LogP contribution in [0.1, 0.15) is 75.3 Å². The van der Waals surface area contributed by atoms with E-state index in [4.69, 9.17) is 9.47 Å². The van der Waals surface area contributed by atoms with Gasteiger partial charge in [0.25, 0.3) is 11.8 Å². The minimum atomic E-state index is -1.42. The standard InChI is InChI=1S/C43H38N8O11/c1-22-4-12-30(44-19-22)35(53)16-23-5-7-24(8-6-23)34(52)18-25(17-27-21-46-51-50-27)40(56)47-26-9-13-33(45-20-26)42(58)49-32-14-10-28(36(54)38(32)61-2)41(57)48-31-15-11-29(43(59)60)37(55)39(31)62-3/h4-15,19-21,25,54-55H,16-18H2,1-3H3,(H,47,56)(H,48,57)(H,49,58)(H,59,60)(H,46,50,51). The van der Waals surface area contributed by atoms with Crippen molar-refractivity contribution in [1.82, 2.24) is 25.4 Å². The number of benzene rings is 3. The number of H-pyrrole nitrogens is 1. The fourth-order valence-electron chi connectivity index (χ4n) is 6.22. The van der Waals surface area contributed by atoms with E-state index < -0.39 is 46.7 Å². The Bertz CT molecular complexity index is 2650. The number of aromatic carboxylic acids is 1. The predicted molar refractivity (Wildman–Crippen MR) is 221 cm³/mol. The number of carboxylic acid groups (broad SMARTS) is 1. The number of aromatic amines is 1. The number of aryl methyl sites for hydroxylation is 1. The van der Waals surface area contributed by atoms with Crippen LogP contribution < -0.4 is 25.4 Å². The molecule has 19 heteroatoms. The van der Waals surface area contributed by atoms with Gasteiger partial charge in [-0.05, 0) is 60.5 Å². The van der Waals surface area contributed by atoms with Crippen molar-refractivity contribution < 1.29 is 53.6 Å². The lowest BCUT2D eigenvalue weighted by Gasteiger charge is -2.16. The number of ether oxygens (including phenoxy) is 2. The molecule has 3 aromatic heterocycles. The van der Waals surface area contributed by atoms with Crippen molar-refractivity contribution in [3.63, 3.8) is 0 Å². The number of Topliss-reactive ketones (excluding diaryl/α,β-unsaturated/α-hetero) is 2. The molecule has 0 saturated carbocycles. The lowest BCUT2D eigenvalue weighted by atomic mass is 9.92. The highest BCUT2D eigenvalue weighted by atomic mass is 16.5. The van der Waals surface area contributed by atoms with Crippen LogP contribution >= 0.6 is 0 Å². The van der Waals surface area contributed by atoms with Gasteiger partial charge >= 0.3 is 5.97 Å². The second-order valence-electron chi connectivity index (χ2n) is 13.7. The van der Waals surface area contributed by atoms with E-state index in [2.05, 4.69) is 41.3 Å². The Labute approximate surface area is 352 Å². The van der Waals surface area contributed by atoms with E-state index in [-0.39, 0.29) is 70.6 Å². The second-order valence-corrected chi connectivity index (χ2v) is 13.7. The molecule has 62 heavy (non-hydrogen) atoms. The molecule has 6 aromatic rings. The van der Waals surface area contributed by atoms with Gasteiger partial charge < -0.3 is 40.7 Å². The Morgan fingerprint density at radius 2 is 1.32 bits per heavy atom. The van der Waals surface area contributed by atoms with E-state index in [0.717, 1.165) is 18.7 Å². The number of carboxylic acids is 1. The van der Waals surface area contributed by atoms with Crippen molar-refractivity contribution in [2.45, 2.75) is 26.2 Å². The van der Waals surface area contributed by atoms with Crippen LogP contribution in [0, 0.1) is 12.8 Å². The van der Waals surface area contributed by atoms with Crippen LogP contribution in [-0.4, -0.2) is 90.2 Å². The number of hydrogen-bond acceptors (Lipinski definition) is 14. The van der Waals surface area contributed by atoms with Gasteiger partial charge in [-0.2, -0.15) is 15.4 Å². The number of methoxy groups -OCH3 is 2. The van der Waals surface area contributed by atoms with Crippen LogP contribution in [0.2, 0.25) is 0 Å². The molecule has 0 radical (unpaired) electrons. The summed E-state index contributed by atoms with van der Waals surface area (Å²) in [7, 11) is 2.36. The van der Waals surface area contributed by atoms with Crippen LogP contribution in [0.5, 0.6) is 23.0 Å². The number of aromatic nitrogens is 5. The smallest absolute Gasteiger partial charge is 0.339 e. The molecule has 0 aliphatic heterocycles. The third kappa shape index (κ3) is 10.0. The average molecular weight is 843 g/mol. The fourth-order valence-corrected chi connectivity index (χ4v) is 6.22. The number of ketones is 2. The largest absolute Gasteiger partial charge is 0.504 e. The molecule has 1 unspecified atom stereocenters. The summed E-state index contributed by atoms with van der Waals surface area (Å²) in [5, 5.41) is 48.5. The lowest BCUT2D eigenvalue weighted by molar-refractivity contribution is -0.119. The average Bonchev–Trinajstić information content (AvgIpc) is 3.77. The minimum absolute atomic E-state index is 0.0326. The summed E-state index contributed by atoms with van der Waals surface area (Å²) in [5.74, 6) is -6.92. The molecule has 0 aliphatic rings. The number of phenols is 2. The normalized spacial score (nSPS) is 11.2. The summed E-state index contributed by atoms with van der Waals surface area (Å²) in [6.07, 6.45) is 4.29. The first kappa shape index (κ1) is 43.1. The summed E-state index contributed by atoms with van der Waals surface area (Å²) in [5.41, 5.74) is 2.00. The maximum absolute atomic E-state index is 13.6. The molecule has 19 nitrogen and oxygen atoms in total. The van der Waals surface area contributed by atoms with Gasteiger partial charge in [0, 0.05) is 31.0 Å². The molecule has 0 aliphatic carbocycles. The van der Waals surface area contributed by atoms with Crippen molar-refractivity contribution in [1.29, 1.82) is 0 Å². The number of aromatic hydroxyl groups is 2. The molecule has 3 amide bonds. The third-order valence-corrected chi connectivity index (χ3v) is 9.47. The van der Waals surface area contributed by atoms with E-state index >= 15 is 0 Å². The highest BCUT2D eigenvalue weighted by molar-refractivity contribution is 6.10. The molecule has 6 rings (SSSR count). The van der Waals surface area contributed by atoms with Gasteiger partial charge in [-0.3, -0.25) is 29.0 Å². The summed E-state index contributed by atoms with van der Waals surface area (Å²) in [4.78, 5) is 85.8. The molecule has 316 valence electrons. The number of carbonyl (C=O) groups is 6. The van der Waals surface area contributed by atoms with Gasteiger partial charge in [0.15, 0.2) is 34.6 Å². The summed E-state index contributed by atoms with van der Waals surface area (Å²) >= 11 is 0. The zero-order valence-electron chi connectivity index (χ0n) is 33.3. The lowest BCUT2D eigenvalue weighted by Crippen LogP contribution is -2.27. The van der Waals surface area contributed by atoms with Crippen LogP contribution in [0.25, 0.3) is 0 Å². The first-order valence-electron chi connectivity index (χ1n) is 18.6. The van der Waals surface area contributed by atoms with Crippen molar-refractivity contribution in [2.24, 2.45) is 5.92 Å². The van der Waals surface area contributed by atoms with Crippen molar-refractivity contribution in [3.8, 4) is 23.0 Å². The van der Waals surface area contributed by atoms with Crippen LogP contribution in [0.3, 0.4) is 0 Å². The monoisotopic (exact) mass is 842 g/mol. The predicted octanol–water partition coefficient (Wildman–Crippen LogP) is 5.03. The topological polar surface area (TPSA) is 285 Å². The molecular formula is C43H38N8O11. The molecule has 0 bridgehead atoms. The quantitative estimate of drug-likeness (QED) is 0.0593. The van der Waals surface area contributed by atoms with E-state index in [1.54, 1.807) is 36.5 Å². The van der Waals surface area contributed by atoms with Gasteiger partial charge in [-0.1, -0.05) is 30.3 Å². The minimum Gasteiger partial charge on any atom is -0.504 e. The molecule has 7 N–H and O–H groups in total. The van der Waals surface area contributed by atoms with Crippen LogP contribution in [0.4, 0.5) is 17.1 Å². The first-order chi connectivity index (χ1) is 29.8. The molecule has 0 saturated heterocycles. The Morgan fingerprint density at radius 3 is 1.90 bits per heavy atom. The highest BCUT2D eigenvalue weighted by Crippen LogP contribution is 2.40. The SMILES string of the molecule is COc1c(NC(=O)c2ccc(NC(=O)c3ccc(NC(=O)C(CC(=O)c4ccc(CC(=O)c5ccc(C)cn5)cc4)Cc4cn[nH]n4)cn3)c(OC)c2O)ccc(C(=O)O)c1O. The Hall–Kier alpha value is -8.48. The maximum Gasteiger partial charge on any atom is 0.339 e. The molecule has 3 aromatic carbocycles. The number of carbonyl (C=O) groups excluding carboxylic acids is 5. The van der Waals surface area contributed by atoms with Crippen LogP contribution in [-0.2, 0) is 17.6 Å². The molecule has 1 atom stereocenters. The Morgan fingerprint density at radius 1 is 0.694 bits per heavy atom. The van der Waals surface area contributed by atoms with Crippen molar-refractivity contribution in [2.75, 3.05) is 30.2 Å². The number of pyridine rings is 2. The van der Waals surface area contributed by atoms with Gasteiger partial charge in [0.05, 0.1) is 60.9 Å². The highest BCUT2D eigenvalue weighted by Gasteiger charge is 2.26. The van der Waals surface area contributed by atoms with E-state index in [9.17, 15) is 44.1 Å². The third-order valence-electron chi connectivity index (χ3n) is 9.47. The number of anilines is 3. The fraction of sp³-hybridized carbons (Fsp3) is 0.163. The molecule has 0 spiro atoms. The number of hydrogen-bond donors (Lipinski definition) is 7.